The van der Waals surface area contributed by atoms with Crippen LogP contribution >= 0.6 is 0 Å². The first kappa shape index (κ1) is 14.6. The summed E-state index contributed by atoms with van der Waals surface area (Å²) in [4.78, 5) is 14.0. The minimum Gasteiger partial charge on any atom is -0.458 e. The molecule has 0 aliphatic heterocycles. The maximum atomic E-state index is 11.9. The SMILES string of the molecule is CN(CCOC(=O)c1cc2ccccc2o1)C(C)(C)C. The van der Waals surface area contributed by atoms with E-state index < -0.39 is 5.97 Å². The summed E-state index contributed by atoms with van der Waals surface area (Å²) in [6, 6.07) is 9.23. The van der Waals surface area contributed by atoms with Gasteiger partial charge < -0.3 is 9.15 Å². The summed E-state index contributed by atoms with van der Waals surface area (Å²) in [7, 11) is 2.01. The van der Waals surface area contributed by atoms with Crippen molar-refractivity contribution in [2.24, 2.45) is 0 Å². The van der Waals surface area contributed by atoms with Crippen LogP contribution in [-0.4, -0.2) is 36.6 Å². The molecule has 0 aliphatic carbocycles. The van der Waals surface area contributed by atoms with Gasteiger partial charge in [-0.1, -0.05) is 18.2 Å². The molecule has 2 rings (SSSR count). The van der Waals surface area contributed by atoms with Crippen LogP contribution in [-0.2, 0) is 4.74 Å². The van der Waals surface area contributed by atoms with E-state index in [1.807, 2.05) is 31.3 Å². The molecule has 0 spiro atoms. The molecule has 0 saturated carbocycles. The number of hydrogen-bond acceptors (Lipinski definition) is 4. The minimum absolute atomic E-state index is 0.0613. The van der Waals surface area contributed by atoms with Crippen molar-refractivity contribution >= 4 is 16.9 Å². The molecular weight excluding hydrogens is 254 g/mol. The third-order valence-electron chi connectivity index (χ3n) is 3.43. The largest absolute Gasteiger partial charge is 0.458 e. The number of rotatable bonds is 4. The number of benzene rings is 1. The molecule has 1 aromatic heterocycles. The molecule has 0 radical (unpaired) electrons. The van der Waals surface area contributed by atoms with Gasteiger partial charge in [0.05, 0.1) is 0 Å². The standard InChI is InChI=1S/C16H21NO3/c1-16(2,3)17(4)9-10-19-15(18)14-11-12-7-5-6-8-13(12)20-14/h5-8,11H,9-10H2,1-4H3. The Balaban J connectivity index is 1.92. The molecular formula is C16H21NO3. The summed E-state index contributed by atoms with van der Waals surface area (Å²) in [6.45, 7) is 7.40. The van der Waals surface area contributed by atoms with Crippen molar-refractivity contribution in [3.8, 4) is 0 Å². The third-order valence-corrected chi connectivity index (χ3v) is 3.43. The van der Waals surface area contributed by atoms with Crippen LogP contribution < -0.4 is 0 Å². The molecule has 4 heteroatoms. The fraction of sp³-hybridized carbons (Fsp3) is 0.438. The van der Waals surface area contributed by atoms with E-state index in [9.17, 15) is 4.79 Å². The van der Waals surface area contributed by atoms with Crippen molar-refractivity contribution in [3.05, 3.63) is 36.1 Å². The van der Waals surface area contributed by atoms with Gasteiger partial charge in [-0.3, -0.25) is 4.90 Å². The number of furan rings is 1. The first-order valence-corrected chi connectivity index (χ1v) is 6.75. The van der Waals surface area contributed by atoms with Gasteiger partial charge in [-0.05, 0) is 40.0 Å². The second-order valence-corrected chi connectivity index (χ2v) is 5.88. The quantitative estimate of drug-likeness (QED) is 0.803. The fourth-order valence-corrected chi connectivity index (χ4v) is 1.76. The molecule has 2 aromatic rings. The van der Waals surface area contributed by atoms with Crippen molar-refractivity contribution in [1.29, 1.82) is 0 Å². The van der Waals surface area contributed by atoms with Gasteiger partial charge in [-0.2, -0.15) is 0 Å². The average Bonchev–Trinajstić information content (AvgIpc) is 2.81. The molecule has 0 N–H and O–H groups in total. The lowest BCUT2D eigenvalue weighted by Gasteiger charge is -2.31. The third kappa shape index (κ3) is 3.39. The highest BCUT2D eigenvalue weighted by Crippen LogP contribution is 2.19. The number of nitrogens with zero attached hydrogens (tertiary/aromatic N) is 1. The van der Waals surface area contributed by atoms with Gasteiger partial charge in [-0.15, -0.1) is 0 Å². The predicted octanol–water partition coefficient (Wildman–Crippen LogP) is 3.32. The number of hydrogen-bond donors (Lipinski definition) is 0. The Hall–Kier alpha value is -1.81. The zero-order valence-corrected chi connectivity index (χ0v) is 12.5. The van der Waals surface area contributed by atoms with Crippen LogP contribution in [0.3, 0.4) is 0 Å². The Morgan fingerprint density at radius 3 is 2.65 bits per heavy atom. The molecule has 1 heterocycles. The van der Waals surface area contributed by atoms with Crippen LogP contribution in [0.15, 0.2) is 34.7 Å². The monoisotopic (exact) mass is 275 g/mol. The van der Waals surface area contributed by atoms with Crippen molar-refractivity contribution in [1.82, 2.24) is 4.90 Å². The van der Waals surface area contributed by atoms with E-state index in [1.54, 1.807) is 6.07 Å². The van der Waals surface area contributed by atoms with E-state index in [-0.39, 0.29) is 11.3 Å². The number of carbonyl (C=O) groups excluding carboxylic acids is 1. The number of ether oxygens (including phenoxy) is 1. The molecule has 0 amide bonds. The van der Waals surface area contributed by atoms with Crippen LogP contribution in [0.4, 0.5) is 0 Å². The van der Waals surface area contributed by atoms with Crippen LogP contribution in [0.5, 0.6) is 0 Å². The summed E-state index contributed by atoms with van der Waals surface area (Å²) in [5.74, 6) is -0.159. The van der Waals surface area contributed by atoms with E-state index >= 15 is 0 Å². The molecule has 108 valence electrons. The van der Waals surface area contributed by atoms with Gasteiger partial charge in [0, 0.05) is 17.5 Å². The average molecular weight is 275 g/mol. The van der Waals surface area contributed by atoms with Crippen LogP contribution in [0.2, 0.25) is 0 Å². The van der Waals surface area contributed by atoms with Crippen LogP contribution in [0.1, 0.15) is 31.3 Å². The second-order valence-electron chi connectivity index (χ2n) is 5.88. The highest BCUT2D eigenvalue weighted by Gasteiger charge is 2.18. The lowest BCUT2D eigenvalue weighted by Crippen LogP contribution is -2.40. The smallest absolute Gasteiger partial charge is 0.374 e. The maximum Gasteiger partial charge on any atom is 0.374 e. The topological polar surface area (TPSA) is 42.7 Å². The number of likely N-dealkylation sites (N-methyl/N-ethyl adjacent to an activating group) is 1. The first-order valence-electron chi connectivity index (χ1n) is 6.75. The van der Waals surface area contributed by atoms with Gasteiger partial charge in [0.1, 0.15) is 12.2 Å². The highest BCUT2D eigenvalue weighted by molar-refractivity contribution is 5.92. The molecule has 4 nitrogen and oxygen atoms in total. The number of esters is 1. The van der Waals surface area contributed by atoms with Gasteiger partial charge in [0.25, 0.3) is 0 Å². The Labute approximate surface area is 119 Å². The van der Waals surface area contributed by atoms with Crippen molar-refractivity contribution in [2.75, 3.05) is 20.2 Å². The van der Waals surface area contributed by atoms with Crippen LogP contribution in [0, 0.1) is 0 Å². The molecule has 0 aliphatic rings. The van der Waals surface area contributed by atoms with Gasteiger partial charge in [0.2, 0.25) is 5.76 Å². The summed E-state index contributed by atoms with van der Waals surface area (Å²) in [5.41, 5.74) is 0.762. The summed E-state index contributed by atoms with van der Waals surface area (Å²) in [5, 5.41) is 0.909. The molecule has 0 fully saturated rings. The normalized spacial score (nSPS) is 12.1. The minimum atomic E-state index is -0.413. The number of para-hydroxylation sites is 1. The van der Waals surface area contributed by atoms with E-state index in [4.69, 9.17) is 9.15 Å². The Morgan fingerprint density at radius 2 is 2.00 bits per heavy atom. The van der Waals surface area contributed by atoms with Gasteiger partial charge >= 0.3 is 5.97 Å². The lowest BCUT2D eigenvalue weighted by molar-refractivity contribution is 0.0392. The van der Waals surface area contributed by atoms with Crippen molar-refractivity contribution in [3.63, 3.8) is 0 Å². The molecule has 0 atom stereocenters. The first-order chi connectivity index (χ1) is 9.38. The Kier molecular flexibility index (Phi) is 4.14. The van der Waals surface area contributed by atoms with E-state index in [2.05, 4.69) is 25.7 Å². The molecule has 0 saturated heterocycles. The Bertz CT molecular complexity index is 562. The predicted molar refractivity (Wildman–Crippen MR) is 78.9 cm³/mol. The second kappa shape index (κ2) is 5.67. The number of fused-ring (bicyclic) bond motifs is 1. The summed E-state index contributed by atoms with van der Waals surface area (Å²) in [6.07, 6.45) is 0. The summed E-state index contributed by atoms with van der Waals surface area (Å²) >= 11 is 0. The number of carbonyl (C=O) groups is 1. The zero-order chi connectivity index (χ0) is 14.8. The Morgan fingerprint density at radius 1 is 1.30 bits per heavy atom. The summed E-state index contributed by atoms with van der Waals surface area (Å²) < 4.78 is 10.7. The maximum absolute atomic E-state index is 11.9. The van der Waals surface area contributed by atoms with E-state index in [1.165, 1.54) is 0 Å². The molecule has 0 bridgehead atoms. The molecule has 0 unspecified atom stereocenters. The van der Waals surface area contributed by atoms with Crippen LogP contribution in [0.25, 0.3) is 11.0 Å². The van der Waals surface area contributed by atoms with E-state index in [0.717, 1.165) is 5.39 Å². The molecule has 20 heavy (non-hydrogen) atoms. The lowest BCUT2D eigenvalue weighted by atomic mass is 10.1. The van der Waals surface area contributed by atoms with Crippen molar-refractivity contribution < 1.29 is 13.9 Å². The van der Waals surface area contributed by atoms with Gasteiger partial charge in [-0.25, -0.2) is 4.79 Å². The molecule has 1 aromatic carbocycles. The van der Waals surface area contributed by atoms with Gasteiger partial charge in [0.15, 0.2) is 0 Å². The highest BCUT2D eigenvalue weighted by atomic mass is 16.5. The van der Waals surface area contributed by atoms with E-state index in [0.29, 0.717) is 18.7 Å². The van der Waals surface area contributed by atoms with Crippen molar-refractivity contribution in [2.45, 2.75) is 26.3 Å². The zero-order valence-electron chi connectivity index (χ0n) is 12.5. The fourth-order valence-electron chi connectivity index (χ4n) is 1.76.